The third kappa shape index (κ3) is 7.23. The summed E-state index contributed by atoms with van der Waals surface area (Å²) in [6.45, 7) is 16.6. The van der Waals surface area contributed by atoms with Crippen LogP contribution in [-0.4, -0.2) is 24.6 Å². The van der Waals surface area contributed by atoms with Gasteiger partial charge >= 0.3 is 11.9 Å². The largest absolute Gasteiger partial charge is 0.465 e. The Bertz CT molecular complexity index is 389. The molecule has 0 aromatic heterocycles. The minimum Gasteiger partial charge on any atom is -0.465 e. The molecule has 4 heteroatoms. The average Bonchev–Trinajstić information content (AvgIpc) is 2.57. The molecule has 0 saturated heterocycles. The first-order chi connectivity index (χ1) is 11.1. The summed E-state index contributed by atoms with van der Waals surface area (Å²) in [6, 6.07) is 0. The Kier molecular flexibility index (Phi) is 10.3. The zero-order valence-electron chi connectivity index (χ0n) is 17.0. The van der Waals surface area contributed by atoms with E-state index in [1.54, 1.807) is 0 Å². The van der Waals surface area contributed by atoms with Gasteiger partial charge in [0.05, 0.1) is 18.4 Å². The monoisotopic (exact) mass is 342 g/mol. The SMILES string of the molecule is CCC(C)C(=O)OCCC(C)C(OC(=O)C(C)CC)C(C)(C)CC. The van der Waals surface area contributed by atoms with Crippen LogP contribution in [0.5, 0.6) is 0 Å². The summed E-state index contributed by atoms with van der Waals surface area (Å²) >= 11 is 0. The van der Waals surface area contributed by atoms with Gasteiger partial charge in [-0.2, -0.15) is 0 Å². The lowest BCUT2D eigenvalue weighted by Crippen LogP contribution is -2.40. The van der Waals surface area contributed by atoms with E-state index in [2.05, 4.69) is 27.7 Å². The van der Waals surface area contributed by atoms with Crippen molar-refractivity contribution in [2.24, 2.45) is 23.2 Å². The molecule has 4 nitrogen and oxygen atoms in total. The first-order valence-electron chi connectivity index (χ1n) is 9.47. The van der Waals surface area contributed by atoms with Gasteiger partial charge in [-0.25, -0.2) is 0 Å². The van der Waals surface area contributed by atoms with E-state index in [4.69, 9.17) is 9.47 Å². The molecule has 24 heavy (non-hydrogen) atoms. The molecule has 0 aliphatic rings. The van der Waals surface area contributed by atoms with Crippen LogP contribution in [0.4, 0.5) is 0 Å². The fourth-order valence-corrected chi connectivity index (χ4v) is 2.46. The summed E-state index contributed by atoms with van der Waals surface area (Å²) in [5.74, 6) is -0.292. The molecule has 0 aromatic carbocycles. The molecule has 0 bridgehead atoms. The molecule has 4 atom stereocenters. The van der Waals surface area contributed by atoms with Gasteiger partial charge in [0.25, 0.3) is 0 Å². The third-order valence-electron chi connectivity index (χ3n) is 5.29. The van der Waals surface area contributed by atoms with E-state index < -0.39 is 0 Å². The number of ether oxygens (including phenoxy) is 2. The lowest BCUT2D eigenvalue weighted by molar-refractivity contribution is -0.166. The Morgan fingerprint density at radius 1 is 0.917 bits per heavy atom. The molecule has 0 heterocycles. The van der Waals surface area contributed by atoms with Gasteiger partial charge in [-0.15, -0.1) is 0 Å². The van der Waals surface area contributed by atoms with Crippen LogP contribution in [0.2, 0.25) is 0 Å². The molecule has 0 aromatic rings. The van der Waals surface area contributed by atoms with Crippen LogP contribution in [-0.2, 0) is 19.1 Å². The van der Waals surface area contributed by atoms with Gasteiger partial charge in [0.1, 0.15) is 6.10 Å². The summed E-state index contributed by atoms with van der Waals surface area (Å²) in [7, 11) is 0. The second-order valence-electron chi connectivity index (χ2n) is 7.75. The Morgan fingerprint density at radius 3 is 1.88 bits per heavy atom. The maximum Gasteiger partial charge on any atom is 0.308 e. The molecular weight excluding hydrogens is 304 g/mol. The van der Waals surface area contributed by atoms with Crippen molar-refractivity contribution in [1.29, 1.82) is 0 Å². The second-order valence-corrected chi connectivity index (χ2v) is 7.75. The van der Waals surface area contributed by atoms with E-state index in [9.17, 15) is 9.59 Å². The molecule has 0 rings (SSSR count). The summed E-state index contributed by atoms with van der Waals surface area (Å²) in [6.07, 6.45) is 3.00. The molecule has 0 radical (unpaired) electrons. The maximum atomic E-state index is 12.3. The van der Waals surface area contributed by atoms with E-state index in [1.165, 1.54) is 0 Å². The van der Waals surface area contributed by atoms with Crippen LogP contribution in [0.25, 0.3) is 0 Å². The Balaban J connectivity index is 4.79. The molecule has 0 aliphatic heterocycles. The number of carbonyl (C=O) groups is 2. The molecule has 0 saturated carbocycles. The van der Waals surface area contributed by atoms with Crippen molar-refractivity contribution in [1.82, 2.24) is 0 Å². The zero-order valence-corrected chi connectivity index (χ0v) is 17.0. The first kappa shape index (κ1) is 22.9. The number of hydrogen-bond acceptors (Lipinski definition) is 4. The van der Waals surface area contributed by atoms with E-state index in [0.29, 0.717) is 13.0 Å². The Labute approximate surface area is 148 Å². The molecule has 4 unspecified atom stereocenters. The highest BCUT2D eigenvalue weighted by molar-refractivity contribution is 5.72. The topological polar surface area (TPSA) is 52.6 Å². The lowest BCUT2D eigenvalue weighted by atomic mass is 9.77. The molecule has 142 valence electrons. The Morgan fingerprint density at radius 2 is 1.42 bits per heavy atom. The fourth-order valence-electron chi connectivity index (χ4n) is 2.46. The number of hydrogen-bond donors (Lipinski definition) is 0. The number of carbonyl (C=O) groups excluding carboxylic acids is 2. The molecule has 0 aliphatic carbocycles. The minimum absolute atomic E-state index is 0.0635. The van der Waals surface area contributed by atoms with Crippen LogP contribution in [0.1, 0.15) is 81.1 Å². The van der Waals surface area contributed by atoms with Crippen molar-refractivity contribution in [3.63, 3.8) is 0 Å². The lowest BCUT2D eigenvalue weighted by Gasteiger charge is -2.37. The normalized spacial score (nSPS) is 16.8. The Hall–Kier alpha value is -1.06. The van der Waals surface area contributed by atoms with E-state index in [1.807, 2.05) is 27.7 Å². The van der Waals surface area contributed by atoms with E-state index >= 15 is 0 Å². The highest BCUT2D eigenvalue weighted by Gasteiger charge is 2.36. The van der Waals surface area contributed by atoms with Crippen molar-refractivity contribution >= 4 is 11.9 Å². The van der Waals surface area contributed by atoms with Gasteiger partial charge in [0.2, 0.25) is 0 Å². The van der Waals surface area contributed by atoms with Gasteiger partial charge in [-0.3, -0.25) is 9.59 Å². The van der Waals surface area contributed by atoms with Crippen molar-refractivity contribution < 1.29 is 19.1 Å². The summed E-state index contributed by atoms with van der Waals surface area (Å²) < 4.78 is 11.2. The van der Waals surface area contributed by atoms with Crippen LogP contribution in [0, 0.1) is 23.2 Å². The third-order valence-corrected chi connectivity index (χ3v) is 5.29. The van der Waals surface area contributed by atoms with E-state index in [0.717, 1.165) is 19.3 Å². The minimum atomic E-state index is -0.175. The van der Waals surface area contributed by atoms with Crippen LogP contribution in [0.3, 0.4) is 0 Å². The summed E-state index contributed by atoms with van der Waals surface area (Å²) in [4.78, 5) is 24.0. The quantitative estimate of drug-likeness (QED) is 0.496. The zero-order chi connectivity index (χ0) is 18.9. The van der Waals surface area contributed by atoms with Gasteiger partial charge in [0, 0.05) is 5.41 Å². The fraction of sp³-hybridized carbons (Fsp3) is 0.900. The van der Waals surface area contributed by atoms with Crippen LogP contribution in [0.15, 0.2) is 0 Å². The second kappa shape index (κ2) is 10.7. The van der Waals surface area contributed by atoms with Gasteiger partial charge < -0.3 is 9.47 Å². The van der Waals surface area contributed by atoms with Gasteiger partial charge in [-0.05, 0) is 31.6 Å². The summed E-state index contributed by atoms with van der Waals surface area (Å²) in [5, 5.41) is 0. The van der Waals surface area contributed by atoms with Crippen molar-refractivity contribution in [3.05, 3.63) is 0 Å². The maximum absolute atomic E-state index is 12.3. The molecule has 0 fully saturated rings. The van der Waals surface area contributed by atoms with Crippen molar-refractivity contribution in [2.75, 3.05) is 6.61 Å². The molecule has 0 amide bonds. The number of rotatable bonds is 11. The van der Waals surface area contributed by atoms with Crippen LogP contribution >= 0.6 is 0 Å². The highest BCUT2D eigenvalue weighted by Crippen LogP contribution is 2.34. The summed E-state index contributed by atoms with van der Waals surface area (Å²) in [5.41, 5.74) is -0.108. The molecule has 0 spiro atoms. The van der Waals surface area contributed by atoms with Gasteiger partial charge in [-0.1, -0.05) is 55.4 Å². The number of esters is 2. The smallest absolute Gasteiger partial charge is 0.308 e. The van der Waals surface area contributed by atoms with E-state index in [-0.39, 0.29) is 41.2 Å². The first-order valence-corrected chi connectivity index (χ1v) is 9.47. The molecule has 0 N–H and O–H groups in total. The van der Waals surface area contributed by atoms with Crippen molar-refractivity contribution in [3.8, 4) is 0 Å². The standard InChI is InChI=1S/C20H38O4/c1-9-14(4)18(21)23-13-12-16(6)17(20(7,8)11-3)24-19(22)15(5)10-2/h14-17H,9-13H2,1-8H3. The van der Waals surface area contributed by atoms with Crippen LogP contribution < -0.4 is 0 Å². The highest BCUT2D eigenvalue weighted by atomic mass is 16.5. The van der Waals surface area contributed by atoms with Crippen molar-refractivity contribution in [2.45, 2.75) is 87.2 Å². The predicted octanol–water partition coefficient (Wildman–Crippen LogP) is 5.00. The average molecular weight is 343 g/mol. The predicted molar refractivity (Wildman–Crippen MR) is 97.6 cm³/mol. The molecular formula is C20H38O4. The van der Waals surface area contributed by atoms with Gasteiger partial charge in [0.15, 0.2) is 0 Å².